The molecule has 2 aromatic heterocycles. The Kier molecular flexibility index (Phi) is 5.39. The van der Waals surface area contributed by atoms with Crippen molar-refractivity contribution < 1.29 is 14.6 Å². The van der Waals surface area contributed by atoms with E-state index >= 15 is 0 Å². The first-order chi connectivity index (χ1) is 15.0. The van der Waals surface area contributed by atoms with E-state index in [1.54, 1.807) is 18.3 Å². The predicted molar refractivity (Wildman–Crippen MR) is 124 cm³/mol. The van der Waals surface area contributed by atoms with Crippen LogP contribution in [0, 0.1) is 5.41 Å². The molecule has 0 radical (unpaired) electrons. The van der Waals surface area contributed by atoms with E-state index in [2.05, 4.69) is 30.4 Å². The summed E-state index contributed by atoms with van der Waals surface area (Å²) < 4.78 is 7.78. The molecule has 2 unspecified atom stereocenters. The van der Waals surface area contributed by atoms with E-state index in [4.69, 9.17) is 9.84 Å². The molecular formula is C25H32N4O3. The average Bonchev–Trinajstić information content (AvgIpc) is 3.29. The molecule has 1 aliphatic heterocycles. The van der Waals surface area contributed by atoms with E-state index in [-0.39, 0.29) is 29.3 Å². The highest BCUT2D eigenvalue weighted by Gasteiger charge is 2.47. The monoisotopic (exact) mass is 436 g/mol. The number of phenols is 1. The topological polar surface area (TPSA) is 80.5 Å². The molecule has 1 aromatic carbocycles. The second-order valence-corrected chi connectivity index (χ2v) is 10.6. The van der Waals surface area contributed by atoms with Crippen molar-refractivity contribution in [3.05, 3.63) is 42.7 Å². The van der Waals surface area contributed by atoms with Crippen molar-refractivity contribution in [1.82, 2.24) is 19.7 Å². The minimum Gasteiger partial charge on any atom is -0.508 e. The van der Waals surface area contributed by atoms with E-state index in [0.29, 0.717) is 6.54 Å². The Labute approximate surface area is 189 Å². The standard InChI is InChI=1S/C25H32N4O3/c1-24(2,3)22-20(12-14-28(22)23(31)32-25(4,5)6)29-19-11-13-26-15-18(19)21(27-29)16-7-9-17(30)10-8-16/h7-11,13,15,20,22,30H,12,14H2,1-6H3. The number of fused-ring (bicyclic) bond motifs is 1. The van der Waals surface area contributed by atoms with Crippen molar-refractivity contribution in [3.63, 3.8) is 0 Å². The molecule has 3 aromatic rings. The first kappa shape index (κ1) is 22.1. The fraction of sp³-hybridized carbons (Fsp3) is 0.480. The molecule has 170 valence electrons. The van der Waals surface area contributed by atoms with Crippen LogP contribution in [0.3, 0.4) is 0 Å². The highest BCUT2D eigenvalue weighted by atomic mass is 16.6. The fourth-order valence-electron chi connectivity index (χ4n) is 4.67. The summed E-state index contributed by atoms with van der Waals surface area (Å²) in [4.78, 5) is 19.2. The van der Waals surface area contributed by atoms with Crippen LogP contribution < -0.4 is 0 Å². The minimum absolute atomic E-state index is 0.00159. The molecular weight excluding hydrogens is 404 g/mol. The molecule has 0 bridgehead atoms. The van der Waals surface area contributed by atoms with Crippen molar-refractivity contribution in [2.45, 2.75) is 65.6 Å². The van der Waals surface area contributed by atoms with Crippen molar-refractivity contribution in [2.75, 3.05) is 6.54 Å². The van der Waals surface area contributed by atoms with Crippen LogP contribution in [-0.4, -0.2) is 49.1 Å². The Morgan fingerprint density at radius 2 is 1.78 bits per heavy atom. The van der Waals surface area contributed by atoms with Gasteiger partial charge in [0, 0.05) is 29.9 Å². The van der Waals surface area contributed by atoms with Crippen molar-refractivity contribution in [2.24, 2.45) is 5.41 Å². The zero-order valence-electron chi connectivity index (χ0n) is 19.7. The van der Waals surface area contributed by atoms with Crippen LogP contribution in [0.2, 0.25) is 0 Å². The molecule has 4 rings (SSSR count). The van der Waals surface area contributed by atoms with Gasteiger partial charge in [-0.25, -0.2) is 4.79 Å². The number of carbonyl (C=O) groups is 1. The Balaban J connectivity index is 1.79. The third-order valence-electron chi connectivity index (χ3n) is 5.84. The van der Waals surface area contributed by atoms with Crippen LogP contribution in [-0.2, 0) is 4.74 Å². The number of likely N-dealkylation sites (tertiary alicyclic amines) is 1. The number of aromatic nitrogens is 3. The number of aromatic hydroxyl groups is 1. The summed E-state index contributed by atoms with van der Waals surface area (Å²) in [7, 11) is 0. The number of phenolic OH excluding ortho intramolecular Hbond substituents is 1. The molecule has 7 heteroatoms. The predicted octanol–water partition coefficient (Wildman–Crippen LogP) is 5.40. The first-order valence-electron chi connectivity index (χ1n) is 11.1. The average molecular weight is 437 g/mol. The Morgan fingerprint density at radius 1 is 1.09 bits per heavy atom. The van der Waals surface area contributed by atoms with Crippen LogP contribution >= 0.6 is 0 Å². The lowest BCUT2D eigenvalue weighted by molar-refractivity contribution is 0.00810. The highest BCUT2D eigenvalue weighted by molar-refractivity contribution is 5.92. The zero-order valence-corrected chi connectivity index (χ0v) is 19.7. The largest absolute Gasteiger partial charge is 0.508 e. The molecule has 7 nitrogen and oxygen atoms in total. The SMILES string of the molecule is CC(C)(C)OC(=O)N1CCC(n2nc(-c3ccc(O)cc3)c3cnccc32)C1C(C)(C)C. The van der Waals surface area contributed by atoms with Crippen LogP contribution in [0.15, 0.2) is 42.7 Å². The summed E-state index contributed by atoms with van der Waals surface area (Å²) in [6, 6.07) is 8.93. The van der Waals surface area contributed by atoms with Crippen molar-refractivity contribution in [3.8, 4) is 17.0 Å². The summed E-state index contributed by atoms with van der Waals surface area (Å²) in [6.07, 6.45) is 4.10. The van der Waals surface area contributed by atoms with Gasteiger partial charge in [0.2, 0.25) is 0 Å². The number of rotatable bonds is 2. The van der Waals surface area contributed by atoms with Gasteiger partial charge in [-0.1, -0.05) is 20.8 Å². The van der Waals surface area contributed by atoms with Gasteiger partial charge in [0.25, 0.3) is 0 Å². The van der Waals surface area contributed by atoms with Gasteiger partial charge in [0.15, 0.2) is 0 Å². The van der Waals surface area contributed by atoms with Crippen molar-refractivity contribution in [1.29, 1.82) is 0 Å². The highest BCUT2D eigenvalue weighted by Crippen LogP contribution is 2.42. The maximum absolute atomic E-state index is 13.1. The minimum atomic E-state index is -0.548. The summed E-state index contributed by atoms with van der Waals surface area (Å²) in [5, 5.41) is 15.7. The van der Waals surface area contributed by atoms with Crippen LogP contribution in [0.25, 0.3) is 22.2 Å². The molecule has 2 atom stereocenters. The lowest BCUT2D eigenvalue weighted by Gasteiger charge is -2.38. The third-order valence-corrected chi connectivity index (χ3v) is 5.84. The summed E-state index contributed by atoms with van der Waals surface area (Å²) in [6.45, 7) is 12.8. The number of ether oxygens (including phenoxy) is 1. The maximum Gasteiger partial charge on any atom is 0.410 e. The molecule has 3 heterocycles. The number of carbonyl (C=O) groups excluding carboxylic acids is 1. The van der Waals surface area contributed by atoms with Crippen LogP contribution in [0.1, 0.15) is 54.0 Å². The van der Waals surface area contributed by atoms with E-state index in [1.807, 2.05) is 50.1 Å². The molecule has 1 amide bonds. The van der Waals surface area contributed by atoms with Gasteiger partial charge in [0.1, 0.15) is 17.0 Å². The number of pyridine rings is 1. The summed E-state index contributed by atoms with van der Waals surface area (Å²) in [5.41, 5.74) is 1.98. The third kappa shape index (κ3) is 4.16. The van der Waals surface area contributed by atoms with Gasteiger partial charge in [-0.15, -0.1) is 0 Å². The van der Waals surface area contributed by atoms with Gasteiger partial charge in [-0.3, -0.25) is 9.67 Å². The van der Waals surface area contributed by atoms with E-state index in [9.17, 15) is 9.90 Å². The van der Waals surface area contributed by atoms with E-state index < -0.39 is 5.60 Å². The Morgan fingerprint density at radius 3 is 2.41 bits per heavy atom. The molecule has 0 spiro atoms. The van der Waals surface area contributed by atoms with Gasteiger partial charge in [-0.05, 0) is 62.9 Å². The number of hydrogen-bond acceptors (Lipinski definition) is 5. The fourth-order valence-corrected chi connectivity index (χ4v) is 4.67. The maximum atomic E-state index is 13.1. The van der Waals surface area contributed by atoms with Gasteiger partial charge >= 0.3 is 6.09 Å². The Hall–Kier alpha value is -3.09. The zero-order chi connectivity index (χ0) is 23.3. The second-order valence-electron chi connectivity index (χ2n) is 10.6. The molecule has 0 saturated carbocycles. The van der Waals surface area contributed by atoms with Gasteiger partial charge < -0.3 is 14.7 Å². The first-order valence-corrected chi connectivity index (χ1v) is 11.1. The smallest absolute Gasteiger partial charge is 0.410 e. The summed E-state index contributed by atoms with van der Waals surface area (Å²) in [5.74, 6) is 0.215. The van der Waals surface area contributed by atoms with E-state index in [0.717, 1.165) is 28.6 Å². The summed E-state index contributed by atoms with van der Waals surface area (Å²) >= 11 is 0. The number of hydrogen-bond donors (Lipinski definition) is 1. The molecule has 32 heavy (non-hydrogen) atoms. The lowest BCUT2D eigenvalue weighted by Crippen LogP contribution is -2.48. The second kappa shape index (κ2) is 7.80. The quantitative estimate of drug-likeness (QED) is 0.582. The Bertz CT molecular complexity index is 1120. The molecule has 1 aliphatic rings. The van der Waals surface area contributed by atoms with Gasteiger partial charge in [0.05, 0.1) is 17.6 Å². The number of benzene rings is 1. The molecule has 1 N–H and O–H groups in total. The molecule has 1 saturated heterocycles. The van der Waals surface area contributed by atoms with Crippen molar-refractivity contribution >= 4 is 17.0 Å². The van der Waals surface area contributed by atoms with Gasteiger partial charge in [-0.2, -0.15) is 5.10 Å². The normalized spacial score (nSPS) is 19.5. The molecule has 1 fully saturated rings. The lowest BCUT2D eigenvalue weighted by atomic mass is 9.82. The van der Waals surface area contributed by atoms with Crippen LogP contribution in [0.5, 0.6) is 5.75 Å². The number of nitrogens with zero attached hydrogens (tertiary/aromatic N) is 4. The van der Waals surface area contributed by atoms with E-state index in [1.165, 1.54) is 0 Å². The van der Waals surface area contributed by atoms with Crippen LogP contribution in [0.4, 0.5) is 4.79 Å². The molecule has 0 aliphatic carbocycles. The number of amides is 1.